The Morgan fingerprint density at radius 1 is 1.12 bits per heavy atom. The fourth-order valence-corrected chi connectivity index (χ4v) is 3.26. The number of hydrogen-bond acceptors (Lipinski definition) is 5. The van der Waals surface area contributed by atoms with Crippen molar-refractivity contribution in [2.75, 3.05) is 27.3 Å². The molecular formula is C18H25N3O3. The van der Waals surface area contributed by atoms with Gasteiger partial charge in [-0.05, 0) is 30.5 Å². The summed E-state index contributed by atoms with van der Waals surface area (Å²) >= 11 is 0. The molecule has 6 heteroatoms. The third-order valence-corrected chi connectivity index (χ3v) is 4.74. The Kier molecular flexibility index (Phi) is 4.78. The van der Waals surface area contributed by atoms with Crippen LogP contribution in [-0.2, 0) is 19.2 Å². The maximum atomic E-state index is 11.1. The molecule has 0 atom stereocenters. The number of likely N-dealkylation sites (tertiary alicyclic amines) is 1. The first-order valence-corrected chi connectivity index (χ1v) is 8.18. The highest BCUT2D eigenvalue weighted by Gasteiger charge is 2.34. The summed E-state index contributed by atoms with van der Waals surface area (Å²) in [7, 11) is 5.17. The summed E-state index contributed by atoms with van der Waals surface area (Å²) in [5, 5.41) is 15.3. The Labute approximate surface area is 142 Å². The summed E-state index contributed by atoms with van der Waals surface area (Å²) in [6, 6.07) is 5.63. The number of aryl methyl sites for hydroxylation is 1. The van der Waals surface area contributed by atoms with Crippen molar-refractivity contribution < 1.29 is 14.6 Å². The van der Waals surface area contributed by atoms with E-state index in [0.29, 0.717) is 24.3 Å². The molecule has 1 aromatic heterocycles. The number of ether oxygens (including phenoxy) is 2. The molecule has 0 bridgehead atoms. The molecule has 24 heavy (non-hydrogen) atoms. The number of rotatable bonds is 5. The standard InChI is InChI=1S/C18H25N3O3/c1-20-12-14(11-19-20)13-21-6-4-18(22,5-7-21)15-8-16(23-2)10-17(9-15)24-3/h8-12,22H,4-7,13H2,1-3H3. The number of benzene rings is 1. The van der Waals surface area contributed by atoms with Crippen LogP contribution in [0.25, 0.3) is 0 Å². The van der Waals surface area contributed by atoms with Crippen molar-refractivity contribution in [2.45, 2.75) is 25.0 Å². The van der Waals surface area contributed by atoms with Crippen molar-refractivity contribution in [1.82, 2.24) is 14.7 Å². The lowest BCUT2D eigenvalue weighted by Gasteiger charge is -2.38. The van der Waals surface area contributed by atoms with Gasteiger partial charge in [0.2, 0.25) is 0 Å². The van der Waals surface area contributed by atoms with Gasteiger partial charge in [-0.25, -0.2) is 0 Å². The van der Waals surface area contributed by atoms with Crippen LogP contribution in [0.15, 0.2) is 30.6 Å². The molecular weight excluding hydrogens is 306 g/mol. The van der Waals surface area contributed by atoms with Gasteiger partial charge in [0.15, 0.2) is 0 Å². The fourth-order valence-electron chi connectivity index (χ4n) is 3.26. The van der Waals surface area contributed by atoms with Crippen LogP contribution in [0.1, 0.15) is 24.0 Å². The Morgan fingerprint density at radius 2 is 1.75 bits per heavy atom. The quantitative estimate of drug-likeness (QED) is 0.907. The van der Waals surface area contributed by atoms with Crippen LogP contribution in [0.2, 0.25) is 0 Å². The summed E-state index contributed by atoms with van der Waals surface area (Å²) in [5.74, 6) is 1.41. The molecule has 0 saturated carbocycles. The van der Waals surface area contributed by atoms with Crippen molar-refractivity contribution in [3.63, 3.8) is 0 Å². The lowest BCUT2D eigenvalue weighted by molar-refractivity contribution is -0.0280. The predicted octanol–water partition coefficient (Wildman–Crippen LogP) is 1.92. The van der Waals surface area contributed by atoms with Crippen LogP contribution in [0.5, 0.6) is 11.5 Å². The molecule has 1 aromatic carbocycles. The zero-order chi connectivity index (χ0) is 17.2. The van der Waals surface area contributed by atoms with Crippen molar-refractivity contribution in [1.29, 1.82) is 0 Å². The SMILES string of the molecule is COc1cc(OC)cc(C2(O)CCN(Cc3cnn(C)c3)CC2)c1. The number of piperidine rings is 1. The van der Waals surface area contributed by atoms with E-state index in [4.69, 9.17) is 9.47 Å². The lowest BCUT2D eigenvalue weighted by Crippen LogP contribution is -2.42. The zero-order valence-electron chi connectivity index (χ0n) is 14.5. The van der Waals surface area contributed by atoms with Crippen LogP contribution in [0.4, 0.5) is 0 Å². The molecule has 130 valence electrons. The van der Waals surface area contributed by atoms with Crippen LogP contribution in [0.3, 0.4) is 0 Å². The zero-order valence-corrected chi connectivity index (χ0v) is 14.5. The van der Waals surface area contributed by atoms with Crippen molar-refractivity contribution in [3.8, 4) is 11.5 Å². The third-order valence-electron chi connectivity index (χ3n) is 4.74. The Morgan fingerprint density at radius 3 is 2.25 bits per heavy atom. The highest BCUT2D eigenvalue weighted by molar-refractivity contribution is 5.41. The number of methoxy groups -OCH3 is 2. The lowest BCUT2D eigenvalue weighted by atomic mass is 9.84. The molecule has 0 unspecified atom stereocenters. The second-order valence-electron chi connectivity index (χ2n) is 6.43. The maximum absolute atomic E-state index is 11.1. The normalized spacial score (nSPS) is 17.7. The van der Waals surface area contributed by atoms with E-state index < -0.39 is 5.60 Å². The first kappa shape index (κ1) is 16.8. The maximum Gasteiger partial charge on any atom is 0.122 e. The molecule has 1 aliphatic heterocycles. The summed E-state index contributed by atoms with van der Waals surface area (Å²) in [6.45, 7) is 2.54. The number of aliphatic hydroxyl groups is 1. The van der Waals surface area contributed by atoms with Gasteiger partial charge in [0.25, 0.3) is 0 Å². The number of hydrogen-bond donors (Lipinski definition) is 1. The average Bonchev–Trinajstić information content (AvgIpc) is 3.01. The van der Waals surface area contributed by atoms with Gasteiger partial charge >= 0.3 is 0 Å². The Hall–Kier alpha value is -2.05. The summed E-state index contributed by atoms with van der Waals surface area (Å²) in [4.78, 5) is 2.35. The molecule has 1 N–H and O–H groups in total. The molecule has 6 nitrogen and oxygen atoms in total. The van der Waals surface area contributed by atoms with E-state index in [-0.39, 0.29) is 0 Å². The third kappa shape index (κ3) is 3.55. The van der Waals surface area contributed by atoms with E-state index in [1.54, 1.807) is 14.2 Å². The number of nitrogens with zero attached hydrogens (tertiary/aromatic N) is 3. The highest BCUT2D eigenvalue weighted by Crippen LogP contribution is 2.37. The monoisotopic (exact) mass is 331 g/mol. The molecule has 2 aromatic rings. The smallest absolute Gasteiger partial charge is 0.122 e. The fraction of sp³-hybridized carbons (Fsp3) is 0.500. The summed E-state index contributed by atoms with van der Waals surface area (Å²) < 4.78 is 12.5. The van der Waals surface area contributed by atoms with Crippen molar-refractivity contribution in [2.24, 2.45) is 7.05 Å². The van der Waals surface area contributed by atoms with Gasteiger partial charge in [0, 0.05) is 44.5 Å². The molecule has 0 radical (unpaired) electrons. The van der Waals surface area contributed by atoms with E-state index in [2.05, 4.69) is 10.00 Å². The molecule has 0 spiro atoms. The minimum atomic E-state index is -0.840. The first-order chi connectivity index (χ1) is 11.5. The Balaban J connectivity index is 1.70. The van der Waals surface area contributed by atoms with Crippen molar-refractivity contribution in [3.05, 3.63) is 41.7 Å². The van der Waals surface area contributed by atoms with Crippen LogP contribution in [0, 0.1) is 0 Å². The van der Waals surface area contributed by atoms with Gasteiger partial charge in [-0.1, -0.05) is 0 Å². The molecule has 0 aliphatic carbocycles. The van der Waals surface area contributed by atoms with Gasteiger partial charge in [-0.15, -0.1) is 0 Å². The van der Waals surface area contributed by atoms with Gasteiger partial charge in [0.05, 0.1) is 26.0 Å². The van der Waals surface area contributed by atoms with E-state index in [0.717, 1.165) is 25.2 Å². The summed E-state index contributed by atoms with van der Waals surface area (Å²) in [6.07, 6.45) is 5.30. The van der Waals surface area contributed by atoms with Gasteiger partial charge in [-0.2, -0.15) is 5.10 Å². The number of aromatic nitrogens is 2. The van der Waals surface area contributed by atoms with Crippen LogP contribution >= 0.6 is 0 Å². The predicted molar refractivity (Wildman–Crippen MR) is 91.2 cm³/mol. The second kappa shape index (κ2) is 6.83. The van der Waals surface area contributed by atoms with E-state index in [1.807, 2.05) is 42.3 Å². The molecule has 0 amide bonds. The first-order valence-electron chi connectivity index (χ1n) is 8.18. The second-order valence-corrected chi connectivity index (χ2v) is 6.43. The molecule has 1 fully saturated rings. The molecule has 1 aliphatic rings. The largest absolute Gasteiger partial charge is 0.497 e. The Bertz CT molecular complexity index is 668. The minimum absolute atomic E-state index is 0.684. The molecule has 1 saturated heterocycles. The van der Waals surface area contributed by atoms with Crippen LogP contribution in [-0.4, -0.2) is 47.1 Å². The summed E-state index contributed by atoms with van der Waals surface area (Å²) in [5.41, 5.74) is 1.22. The average molecular weight is 331 g/mol. The van der Waals surface area contributed by atoms with Gasteiger partial charge in [0.1, 0.15) is 11.5 Å². The molecule has 2 heterocycles. The topological polar surface area (TPSA) is 59.8 Å². The molecule has 3 rings (SSSR count). The highest BCUT2D eigenvalue weighted by atomic mass is 16.5. The van der Waals surface area contributed by atoms with Crippen molar-refractivity contribution >= 4 is 0 Å². The van der Waals surface area contributed by atoms with E-state index >= 15 is 0 Å². The van der Waals surface area contributed by atoms with Crippen LogP contribution < -0.4 is 9.47 Å². The minimum Gasteiger partial charge on any atom is -0.497 e. The van der Waals surface area contributed by atoms with Gasteiger partial charge in [-0.3, -0.25) is 9.58 Å². The van der Waals surface area contributed by atoms with E-state index in [1.165, 1.54) is 5.56 Å². The van der Waals surface area contributed by atoms with Gasteiger partial charge < -0.3 is 14.6 Å². The van der Waals surface area contributed by atoms with E-state index in [9.17, 15) is 5.11 Å².